The predicted octanol–water partition coefficient (Wildman–Crippen LogP) is 1.93. The van der Waals surface area contributed by atoms with Crippen LogP contribution in [0.5, 0.6) is 5.75 Å². The number of thioether (sulfide) groups is 1. The van der Waals surface area contributed by atoms with E-state index in [1.54, 1.807) is 30.8 Å². The van der Waals surface area contributed by atoms with Crippen LogP contribution in [0.15, 0.2) is 29.2 Å². The van der Waals surface area contributed by atoms with Gasteiger partial charge in [0.2, 0.25) is 0 Å². The molecule has 1 aromatic rings. The smallest absolute Gasteiger partial charge is 0.329 e. The second-order valence-corrected chi connectivity index (χ2v) is 6.30. The average Bonchev–Trinajstić information content (AvgIpc) is 2.56. The van der Waals surface area contributed by atoms with Crippen LogP contribution >= 0.6 is 11.8 Å². The van der Waals surface area contributed by atoms with Crippen LogP contribution < -0.4 is 10.1 Å². The number of carboxylic acids is 1. The normalized spacial score (nSPS) is 18.0. The second-order valence-electron chi connectivity index (χ2n) is 5.42. The number of hydrogen-bond acceptors (Lipinski definition) is 5. The van der Waals surface area contributed by atoms with E-state index < -0.39 is 23.5 Å². The molecule has 126 valence electrons. The van der Waals surface area contributed by atoms with Gasteiger partial charge in [0.15, 0.2) is 6.10 Å². The number of carbonyl (C=O) groups is 2. The summed E-state index contributed by atoms with van der Waals surface area (Å²) in [7, 11) is 0. The molecular weight excluding hydrogens is 318 g/mol. The molecule has 1 aliphatic rings. The quantitative estimate of drug-likeness (QED) is 0.771. The van der Waals surface area contributed by atoms with E-state index in [2.05, 4.69) is 5.32 Å². The molecule has 1 amide bonds. The third-order valence-corrected chi connectivity index (χ3v) is 4.60. The van der Waals surface area contributed by atoms with Crippen LogP contribution in [0.4, 0.5) is 0 Å². The first kappa shape index (κ1) is 17.6. The van der Waals surface area contributed by atoms with Crippen molar-refractivity contribution in [1.29, 1.82) is 0 Å². The highest BCUT2D eigenvalue weighted by molar-refractivity contribution is 7.98. The molecule has 2 N–H and O–H groups in total. The zero-order valence-corrected chi connectivity index (χ0v) is 14.0. The molecule has 2 rings (SSSR count). The van der Waals surface area contributed by atoms with Crippen LogP contribution in [0.2, 0.25) is 0 Å². The lowest BCUT2D eigenvalue weighted by Gasteiger charge is -2.34. The zero-order valence-electron chi connectivity index (χ0n) is 13.2. The Morgan fingerprint density at radius 2 is 1.91 bits per heavy atom. The van der Waals surface area contributed by atoms with Crippen molar-refractivity contribution in [3.05, 3.63) is 24.3 Å². The van der Waals surface area contributed by atoms with Crippen molar-refractivity contribution in [2.75, 3.05) is 19.5 Å². The summed E-state index contributed by atoms with van der Waals surface area (Å²) < 4.78 is 10.8. The first-order valence-corrected chi connectivity index (χ1v) is 8.63. The van der Waals surface area contributed by atoms with Gasteiger partial charge in [0.1, 0.15) is 11.3 Å². The van der Waals surface area contributed by atoms with E-state index in [4.69, 9.17) is 9.47 Å². The van der Waals surface area contributed by atoms with Crippen molar-refractivity contribution < 1.29 is 24.2 Å². The number of nitrogens with one attached hydrogen (secondary N) is 1. The molecule has 7 heteroatoms. The summed E-state index contributed by atoms with van der Waals surface area (Å²) in [5.74, 6) is -0.907. The van der Waals surface area contributed by atoms with E-state index in [0.717, 1.165) is 4.90 Å². The lowest BCUT2D eigenvalue weighted by atomic mass is 9.90. The number of amides is 1. The zero-order chi connectivity index (χ0) is 16.9. The first-order valence-electron chi connectivity index (χ1n) is 7.41. The third kappa shape index (κ3) is 4.39. The Labute approximate surface area is 139 Å². The summed E-state index contributed by atoms with van der Waals surface area (Å²) in [6.07, 6.45) is 1.70. The summed E-state index contributed by atoms with van der Waals surface area (Å²) in [4.78, 5) is 25.0. The number of carboxylic acid groups (broad SMARTS) is 1. The fourth-order valence-corrected chi connectivity index (χ4v) is 2.77. The van der Waals surface area contributed by atoms with E-state index in [-0.39, 0.29) is 12.8 Å². The van der Waals surface area contributed by atoms with E-state index >= 15 is 0 Å². The molecule has 1 atom stereocenters. The van der Waals surface area contributed by atoms with Gasteiger partial charge in [-0.3, -0.25) is 4.79 Å². The molecule has 1 heterocycles. The van der Waals surface area contributed by atoms with Gasteiger partial charge in [-0.25, -0.2) is 4.79 Å². The summed E-state index contributed by atoms with van der Waals surface area (Å²) >= 11 is 1.62. The number of ether oxygens (including phenoxy) is 2. The average molecular weight is 339 g/mol. The molecule has 0 aromatic heterocycles. The Kier molecular flexibility index (Phi) is 5.90. The Hall–Kier alpha value is -1.73. The van der Waals surface area contributed by atoms with Crippen LogP contribution in [0, 0.1) is 0 Å². The maximum atomic E-state index is 12.3. The van der Waals surface area contributed by atoms with Crippen LogP contribution in [0.3, 0.4) is 0 Å². The molecule has 23 heavy (non-hydrogen) atoms. The maximum absolute atomic E-state index is 12.3. The lowest BCUT2D eigenvalue weighted by Crippen LogP contribution is -2.59. The second kappa shape index (κ2) is 7.70. The van der Waals surface area contributed by atoms with Gasteiger partial charge in [-0.1, -0.05) is 0 Å². The summed E-state index contributed by atoms with van der Waals surface area (Å²) in [6, 6.07) is 7.39. The number of aliphatic carboxylic acids is 1. The number of rotatable bonds is 6. The minimum absolute atomic E-state index is 0.253. The van der Waals surface area contributed by atoms with Gasteiger partial charge >= 0.3 is 5.97 Å². The minimum Gasteiger partial charge on any atom is -0.481 e. The molecule has 0 aliphatic carbocycles. The SMILES string of the molecule is CSc1ccc(OC(C)C(=O)NC2(C(=O)O)CCOCC2)cc1. The Morgan fingerprint density at radius 1 is 1.30 bits per heavy atom. The molecule has 1 fully saturated rings. The monoisotopic (exact) mass is 339 g/mol. The van der Waals surface area contributed by atoms with Crippen molar-refractivity contribution in [3.63, 3.8) is 0 Å². The van der Waals surface area contributed by atoms with Crippen molar-refractivity contribution in [3.8, 4) is 5.75 Å². The molecule has 0 radical (unpaired) electrons. The molecule has 0 spiro atoms. The van der Waals surface area contributed by atoms with Crippen molar-refractivity contribution in [1.82, 2.24) is 5.32 Å². The Morgan fingerprint density at radius 3 is 2.43 bits per heavy atom. The molecule has 1 aliphatic heterocycles. The number of hydrogen-bond donors (Lipinski definition) is 2. The lowest BCUT2D eigenvalue weighted by molar-refractivity contribution is -0.153. The van der Waals surface area contributed by atoms with Crippen molar-refractivity contribution >= 4 is 23.6 Å². The summed E-state index contributed by atoms with van der Waals surface area (Å²) in [5.41, 5.74) is -1.27. The van der Waals surface area contributed by atoms with E-state index in [1.165, 1.54) is 0 Å². The van der Waals surface area contributed by atoms with Crippen LogP contribution in [-0.4, -0.2) is 48.1 Å². The summed E-state index contributed by atoms with van der Waals surface area (Å²) in [5, 5.41) is 12.1. The Balaban J connectivity index is 1.99. The topological polar surface area (TPSA) is 84.9 Å². The van der Waals surface area contributed by atoms with Crippen LogP contribution in [-0.2, 0) is 14.3 Å². The van der Waals surface area contributed by atoms with Gasteiger partial charge in [-0.15, -0.1) is 11.8 Å². The third-order valence-electron chi connectivity index (χ3n) is 3.86. The predicted molar refractivity (Wildman–Crippen MR) is 86.9 cm³/mol. The number of carbonyl (C=O) groups excluding carboxylic acids is 1. The highest BCUT2D eigenvalue weighted by Gasteiger charge is 2.42. The fraction of sp³-hybridized carbons (Fsp3) is 0.500. The molecule has 1 aromatic carbocycles. The maximum Gasteiger partial charge on any atom is 0.329 e. The highest BCUT2D eigenvalue weighted by Crippen LogP contribution is 2.23. The highest BCUT2D eigenvalue weighted by atomic mass is 32.2. The van der Waals surface area contributed by atoms with Gasteiger partial charge in [-0.2, -0.15) is 0 Å². The molecular formula is C16H21NO5S. The van der Waals surface area contributed by atoms with Crippen LogP contribution in [0.25, 0.3) is 0 Å². The van der Waals surface area contributed by atoms with Gasteiger partial charge in [0.25, 0.3) is 5.91 Å². The van der Waals surface area contributed by atoms with E-state index in [0.29, 0.717) is 19.0 Å². The van der Waals surface area contributed by atoms with Crippen molar-refractivity contribution in [2.45, 2.75) is 36.3 Å². The molecule has 1 saturated heterocycles. The molecule has 6 nitrogen and oxygen atoms in total. The Bertz CT molecular complexity index is 554. The van der Waals surface area contributed by atoms with Crippen molar-refractivity contribution in [2.24, 2.45) is 0 Å². The van der Waals surface area contributed by atoms with Gasteiger partial charge in [0.05, 0.1) is 0 Å². The fourth-order valence-electron chi connectivity index (χ4n) is 2.36. The van der Waals surface area contributed by atoms with E-state index in [1.807, 2.05) is 18.4 Å². The van der Waals surface area contributed by atoms with E-state index in [9.17, 15) is 14.7 Å². The minimum atomic E-state index is -1.27. The standard InChI is InChI=1S/C16H21NO5S/c1-11(22-12-3-5-13(23-2)6-4-12)14(18)17-16(15(19)20)7-9-21-10-8-16/h3-6,11H,7-10H2,1-2H3,(H,17,18)(H,19,20). The van der Waals surface area contributed by atoms with Gasteiger partial charge in [-0.05, 0) is 37.4 Å². The largest absolute Gasteiger partial charge is 0.481 e. The summed E-state index contributed by atoms with van der Waals surface area (Å²) in [6.45, 7) is 2.24. The molecule has 0 bridgehead atoms. The van der Waals surface area contributed by atoms with Gasteiger partial charge < -0.3 is 19.9 Å². The van der Waals surface area contributed by atoms with Gasteiger partial charge in [0, 0.05) is 31.0 Å². The first-order chi connectivity index (χ1) is 11.0. The molecule has 0 saturated carbocycles. The number of benzene rings is 1. The van der Waals surface area contributed by atoms with Crippen LogP contribution in [0.1, 0.15) is 19.8 Å². The molecule has 1 unspecified atom stereocenters.